The van der Waals surface area contributed by atoms with Crippen LogP contribution in [0.25, 0.3) is 0 Å². The molecule has 2 N–H and O–H groups in total. The summed E-state index contributed by atoms with van der Waals surface area (Å²) in [5, 5.41) is 7.57. The van der Waals surface area contributed by atoms with E-state index in [1.54, 1.807) is 0 Å². The van der Waals surface area contributed by atoms with Crippen molar-refractivity contribution in [2.24, 2.45) is 5.41 Å². The summed E-state index contributed by atoms with van der Waals surface area (Å²) >= 11 is 0. The van der Waals surface area contributed by atoms with Gasteiger partial charge in [0.05, 0.1) is 0 Å². The molecule has 41 heavy (non-hydrogen) atoms. The van der Waals surface area contributed by atoms with E-state index in [0.717, 1.165) is 50.2 Å². The number of nitrogens with one attached hydrogen (secondary N) is 2. The number of hydrogen-bond donors (Lipinski definition) is 2. The Hall–Kier alpha value is -2.11. The highest BCUT2D eigenvalue weighted by molar-refractivity contribution is 5.28. The fourth-order valence-electron chi connectivity index (χ4n) is 6.03. The van der Waals surface area contributed by atoms with E-state index in [1.807, 2.05) is 12.3 Å². The molecule has 5 nitrogen and oxygen atoms in total. The zero-order chi connectivity index (χ0) is 30.1. The molecule has 5 heteroatoms. The highest BCUT2D eigenvalue weighted by Crippen LogP contribution is 2.34. The first-order valence-electron chi connectivity index (χ1n) is 15.9. The predicted octanol–water partition coefficient (Wildman–Crippen LogP) is 8.00. The summed E-state index contributed by atoms with van der Waals surface area (Å²) in [6.07, 6.45) is 10.2. The molecule has 1 heterocycles. The molecule has 0 aliphatic heterocycles. The lowest BCUT2D eigenvalue weighted by molar-refractivity contribution is 0.0643. The Morgan fingerprint density at radius 2 is 1.29 bits per heavy atom. The van der Waals surface area contributed by atoms with Crippen molar-refractivity contribution in [2.45, 2.75) is 155 Å². The standard InChI is InChI=1S/C36H57N3O2/c1-33(2,3)26-13-16-32(37-24-26)41-31-21-28(22-31)39-36(9,10)18-17-35(7,8)23-25-11-14-29(15-12-25)40-30-19-27(20-30)38-34(4,5)6/h11-16,24,27-28,30-31,38-39H,17-23H2,1-10H3/t27-,28-,30+,31-. The van der Waals surface area contributed by atoms with E-state index in [1.165, 1.54) is 17.5 Å². The maximum Gasteiger partial charge on any atom is 0.213 e. The first-order chi connectivity index (χ1) is 18.9. The van der Waals surface area contributed by atoms with Gasteiger partial charge in [0, 0.05) is 35.4 Å². The van der Waals surface area contributed by atoms with E-state index < -0.39 is 0 Å². The van der Waals surface area contributed by atoms with Crippen molar-refractivity contribution in [3.63, 3.8) is 0 Å². The summed E-state index contributed by atoms with van der Waals surface area (Å²) in [7, 11) is 0. The summed E-state index contributed by atoms with van der Waals surface area (Å²) in [5.41, 5.74) is 3.23. The van der Waals surface area contributed by atoms with Crippen LogP contribution in [-0.2, 0) is 11.8 Å². The number of aromatic nitrogens is 1. The minimum atomic E-state index is 0.0969. The summed E-state index contributed by atoms with van der Waals surface area (Å²) in [4.78, 5) is 4.54. The maximum atomic E-state index is 6.22. The average molecular weight is 564 g/mol. The fourth-order valence-corrected chi connectivity index (χ4v) is 6.03. The van der Waals surface area contributed by atoms with Crippen LogP contribution in [0.3, 0.4) is 0 Å². The number of ether oxygens (including phenoxy) is 2. The van der Waals surface area contributed by atoms with Gasteiger partial charge in [0.25, 0.3) is 0 Å². The van der Waals surface area contributed by atoms with Gasteiger partial charge in [0.2, 0.25) is 5.88 Å². The molecule has 2 saturated carbocycles. The van der Waals surface area contributed by atoms with Gasteiger partial charge in [-0.25, -0.2) is 4.98 Å². The number of hydrogen-bond acceptors (Lipinski definition) is 5. The monoisotopic (exact) mass is 563 g/mol. The molecular weight excluding hydrogens is 506 g/mol. The minimum Gasteiger partial charge on any atom is -0.490 e. The van der Waals surface area contributed by atoms with Crippen LogP contribution in [0.1, 0.15) is 119 Å². The number of rotatable bonds is 12. The highest BCUT2D eigenvalue weighted by Gasteiger charge is 2.36. The second-order valence-electron chi connectivity index (χ2n) is 16.4. The van der Waals surface area contributed by atoms with Gasteiger partial charge in [-0.2, -0.15) is 0 Å². The number of benzene rings is 1. The van der Waals surface area contributed by atoms with Crippen molar-refractivity contribution in [2.75, 3.05) is 0 Å². The summed E-state index contributed by atoms with van der Waals surface area (Å²) in [6, 6.07) is 14.1. The molecule has 0 bridgehead atoms. The van der Waals surface area contributed by atoms with Gasteiger partial charge in [0.1, 0.15) is 18.0 Å². The molecule has 2 aliphatic carbocycles. The van der Waals surface area contributed by atoms with Gasteiger partial charge in [-0.3, -0.25) is 0 Å². The maximum absolute atomic E-state index is 6.22. The lowest BCUT2D eigenvalue weighted by atomic mass is 9.77. The molecular formula is C36H57N3O2. The van der Waals surface area contributed by atoms with E-state index in [-0.39, 0.29) is 28.0 Å². The first kappa shape index (κ1) is 31.8. The zero-order valence-corrected chi connectivity index (χ0v) is 27.6. The summed E-state index contributed by atoms with van der Waals surface area (Å²) in [6.45, 7) is 22.8. The Morgan fingerprint density at radius 1 is 0.707 bits per heavy atom. The first-order valence-corrected chi connectivity index (χ1v) is 15.9. The van der Waals surface area contributed by atoms with Crippen LogP contribution in [0, 0.1) is 5.41 Å². The van der Waals surface area contributed by atoms with E-state index in [9.17, 15) is 0 Å². The molecule has 0 amide bonds. The molecule has 2 aromatic rings. The third-order valence-electron chi connectivity index (χ3n) is 8.65. The molecule has 0 radical (unpaired) electrons. The largest absolute Gasteiger partial charge is 0.490 e. The lowest BCUT2D eigenvalue weighted by Crippen LogP contribution is -2.54. The smallest absolute Gasteiger partial charge is 0.213 e. The molecule has 0 saturated heterocycles. The van der Waals surface area contributed by atoms with Crippen molar-refractivity contribution in [3.8, 4) is 11.6 Å². The third kappa shape index (κ3) is 9.99. The average Bonchev–Trinajstić information content (AvgIpc) is 2.80. The van der Waals surface area contributed by atoms with Crippen LogP contribution < -0.4 is 20.1 Å². The van der Waals surface area contributed by atoms with E-state index in [2.05, 4.69) is 115 Å². The van der Waals surface area contributed by atoms with E-state index in [4.69, 9.17) is 9.47 Å². The van der Waals surface area contributed by atoms with E-state index >= 15 is 0 Å². The minimum absolute atomic E-state index is 0.0969. The van der Waals surface area contributed by atoms with Crippen LogP contribution in [0.5, 0.6) is 11.6 Å². The quantitative estimate of drug-likeness (QED) is 0.274. The molecule has 2 aliphatic rings. The van der Waals surface area contributed by atoms with Crippen molar-refractivity contribution >= 4 is 0 Å². The summed E-state index contributed by atoms with van der Waals surface area (Å²) < 4.78 is 12.4. The van der Waals surface area contributed by atoms with Gasteiger partial charge < -0.3 is 20.1 Å². The van der Waals surface area contributed by atoms with Gasteiger partial charge in [0.15, 0.2) is 0 Å². The zero-order valence-electron chi connectivity index (χ0n) is 27.6. The van der Waals surface area contributed by atoms with Gasteiger partial charge in [-0.15, -0.1) is 0 Å². The number of pyridine rings is 1. The van der Waals surface area contributed by atoms with Crippen molar-refractivity contribution < 1.29 is 9.47 Å². The van der Waals surface area contributed by atoms with Gasteiger partial charge in [-0.05, 0) is 114 Å². The van der Waals surface area contributed by atoms with Crippen LogP contribution in [0.4, 0.5) is 0 Å². The molecule has 1 aromatic carbocycles. The van der Waals surface area contributed by atoms with E-state index in [0.29, 0.717) is 18.2 Å². The Kier molecular flexibility index (Phi) is 9.50. The molecule has 2 fully saturated rings. The Bertz CT molecular complexity index is 1100. The lowest BCUT2D eigenvalue weighted by Gasteiger charge is -2.42. The normalized spacial score (nSPS) is 23.5. The Balaban J connectivity index is 1.14. The van der Waals surface area contributed by atoms with Gasteiger partial charge >= 0.3 is 0 Å². The third-order valence-corrected chi connectivity index (χ3v) is 8.65. The van der Waals surface area contributed by atoms with Crippen LogP contribution in [0.2, 0.25) is 0 Å². The van der Waals surface area contributed by atoms with Crippen LogP contribution >= 0.6 is 0 Å². The van der Waals surface area contributed by atoms with Crippen LogP contribution in [0.15, 0.2) is 42.6 Å². The predicted molar refractivity (Wildman–Crippen MR) is 171 cm³/mol. The van der Waals surface area contributed by atoms with Crippen molar-refractivity contribution in [1.29, 1.82) is 0 Å². The SMILES string of the molecule is CC(C)(CCC(C)(C)N[C@H]1C[C@H](Oc2ccc(C(C)(C)C)cn2)C1)Cc1ccc(O[C@H]2C[C@@H](NC(C)(C)C)C2)cc1. The van der Waals surface area contributed by atoms with Crippen molar-refractivity contribution in [1.82, 2.24) is 15.6 Å². The molecule has 4 rings (SSSR count). The molecule has 0 unspecified atom stereocenters. The molecule has 1 aromatic heterocycles. The molecule has 228 valence electrons. The summed E-state index contributed by atoms with van der Waals surface area (Å²) in [5.74, 6) is 1.74. The van der Waals surface area contributed by atoms with Crippen LogP contribution in [-0.4, -0.2) is 40.4 Å². The number of nitrogens with zero attached hydrogens (tertiary/aromatic N) is 1. The molecule has 0 atom stereocenters. The fraction of sp³-hybridized carbons (Fsp3) is 0.694. The Labute approximate surface area is 250 Å². The van der Waals surface area contributed by atoms with Gasteiger partial charge in [-0.1, -0.05) is 52.8 Å². The topological polar surface area (TPSA) is 55.4 Å². The Morgan fingerprint density at radius 3 is 1.83 bits per heavy atom. The highest BCUT2D eigenvalue weighted by atomic mass is 16.5. The van der Waals surface area contributed by atoms with Crippen molar-refractivity contribution in [3.05, 3.63) is 53.7 Å². The molecule has 0 spiro atoms. The second kappa shape index (κ2) is 12.2. The second-order valence-corrected chi connectivity index (χ2v) is 16.4.